The predicted octanol–water partition coefficient (Wildman–Crippen LogP) is 5.71. The molecule has 1 unspecified atom stereocenters. The van der Waals surface area contributed by atoms with Crippen LogP contribution in [0.25, 0.3) is 5.69 Å². The Balaban J connectivity index is 0.00000106. The van der Waals surface area contributed by atoms with Crippen LogP contribution in [0, 0.1) is 5.92 Å². The fraction of sp³-hybridized carbons (Fsp3) is 0.440. The van der Waals surface area contributed by atoms with E-state index in [0.29, 0.717) is 17.5 Å². The summed E-state index contributed by atoms with van der Waals surface area (Å²) in [5, 5.41) is 4.49. The van der Waals surface area contributed by atoms with Gasteiger partial charge in [0.2, 0.25) is 0 Å². The molecule has 1 saturated carbocycles. The van der Waals surface area contributed by atoms with Crippen LogP contribution in [-0.4, -0.2) is 15.6 Å². The molecule has 1 aliphatic rings. The summed E-state index contributed by atoms with van der Waals surface area (Å²) in [6, 6.07) is 8.38. The normalized spacial score (nSPS) is 14.7. The lowest BCUT2D eigenvalue weighted by Gasteiger charge is -2.09. The van der Waals surface area contributed by atoms with Gasteiger partial charge in [0, 0.05) is 23.5 Å². The number of hydrogen-bond donors (Lipinski definition) is 2. The minimum absolute atomic E-state index is 0.0206. The number of rotatable bonds is 7. The Bertz CT molecular complexity index is 856. The average molecular weight is 410 g/mol. The van der Waals surface area contributed by atoms with Crippen LogP contribution in [-0.2, 0) is 6.42 Å². The first kappa shape index (κ1) is 25.2. The van der Waals surface area contributed by atoms with Crippen LogP contribution in [0.15, 0.2) is 65.7 Å². The first-order chi connectivity index (χ1) is 14.5. The minimum atomic E-state index is 0.0206. The van der Waals surface area contributed by atoms with E-state index >= 15 is 0 Å². The highest BCUT2D eigenvalue weighted by Gasteiger charge is 2.24. The van der Waals surface area contributed by atoms with Crippen molar-refractivity contribution in [3.05, 3.63) is 71.8 Å². The van der Waals surface area contributed by atoms with Crippen LogP contribution in [0.1, 0.15) is 71.4 Å². The molecule has 164 valence electrons. The molecule has 30 heavy (non-hydrogen) atoms. The Hall–Kier alpha value is -2.82. The van der Waals surface area contributed by atoms with E-state index in [1.165, 1.54) is 5.56 Å². The third-order valence-corrected chi connectivity index (χ3v) is 4.82. The Morgan fingerprint density at radius 1 is 1.27 bits per heavy atom. The summed E-state index contributed by atoms with van der Waals surface area (Å²) in [5.41, 5.74) is 16.9. The molecule has 0 bridgehead atoms. The molecule has 1 aliphatic carbocycles. The monoisotopic (exact) mass is 409 g/mol. The summed E-state index contributed by atoms with van der Waals surface area (Å²) in [6.45, 7) is 16.3. The minimum Gasteiger partial charge on any atom is -0.402 e. The Kier molecular flexibility index (Phi) is 10.7. The molecule has 1 fully saturated rings. The summed E-state index contributed by atoms with van der Waals surface area (Å²) in [7, 11) is 0. The van der Waals surface area contributed by atoms with Gasteiger partial charge in [0.25, 0.3) is 0 Å². The topological polar surface area (TPSA) is 82.2 Å². The van der Waals surface area contributed by atoms with Crippen molar-refractivity contribution in [2.45, 2.75) is 66.7 Å². The molecule has 0 saturated heterocycles. The van der Waals surface area contributed by atoms with E-state index in [1.807, 2.05) is 44.8 Å². The second-order valence-electron chi connectivity index (χ2n) is 6.91. The van der Waals surface area contributed by atoms with Crippen molar-refractivity contribution in [2.75, 3.05) is 0 Å². The van der Waals surface area contributed by atoms with Gasteiger partial charge in [0.1, 0.15) is 5.84 Å². The Labute approximate surface area is 182 Å². The molecule has 1 aromatic carbocycles. The van der Waals surface area contributed by atoms with E-state index in [2.05, 4.69) is 54.8 Å². The number of aryl methyl sites for hydroxylation is 1. The Morgan fingerprint density at radius 2 is 1.93 bits per heavy atom. The lowest BCUT2D eigenvalue weighted by Crippen LogP contribution is -2.13. The van der Waals surface area contributed by atoms with E-state index in [9.17, 15) is 0 Å². The molecule has 1 aromatic heterocycles. The number of aliphatic imine (C=N–C) groups is 1. The van der Waals surface area contributed by atoms with Crippen molar-refractivity contribution in [1.82, 2.24) is 9.78 Å². The maximum atomic E-state index is 6.00. The van der Waals surface area contributed by atoms with Gasteiger partial charge in [-0.25, -0.2) is 9.67 Å². The van der Waals surface area contributed by atoms with Crippen LogP contribution < -0.4 is 11.5 Å². The standard InChI is InChI=1S/C21H27N5.2C2H6/c1-4-16-6-5-7-19(10-16)26-13-18(12-24-26)14(2)15(3)25-21(23)11-20(22)17-8-9-17;2*1-2/h5-7,10-14,17H,3-4,8-9,22H2,1-2H3,(H2,23,25);2*1-2H3/b20-11-;;. The fourth-order valence-electron chi connectivity index (χ4n) is 2.81. The maximum Gasteiger partial charge on any atom is 0.125 e. The van der Waals surface area contributed by atoms with E-state index < -0.39 is 0 Å². The number of benzene rings is 1. The number of nitrogens with two attached hydrogens (primary N) is 2. The molecular formula is C25H39N5. The summed E-state index contributed by atoms with van der Waals surface area (Å²) in [6.07, 6.45) is 8.92. The third kappa shape index (κ3) is 7.21. The lowest BCUT2D eigenvalue weighted by atomic mass is 10.0. The highest BCUT2D eigenvalue weighted by atomic mass is 15.3. The summed E-state index contributed by atoms with van der Waals surface area (Å²) < 4.78 is 1.89. The van der Waals surface area contributed by atoms with E-state index in [-0.39, 0.29) is 5.92 Å². The van der Waals surface area contributed by atoms with Crippen molar-refractivity contribution in [3.63, 3.8) is 0 Å². The molecule has 2 aromatic rings. The molecule has 0 spiro atoms. The second kappa shape index (κ2) is 12.7. The summed E-state index contributed by atoms with van der Waals surface area (Å²) in [5.74, 6) is 0.910. The quantitative estimate of drug-likeness (QED) is 0.453. The van der Waals surface area contributed by atoms with Crippen LogP contribution >= 0.6 is 0 Å². The van der Waals surface area contributed by atoms with Crippen LogP contribution in [0.3, 0.4) is 0 Å². The number of allylic oxidation sites excluding steroid dienone is 2. The molecule has 4 N–H and O–H groups in total. The summed E-state index contributed by atoms with van der Waals surface area (Å²) >= 11 is 0. The van der Waals surface area contributed by atoms with Gasteiger partial charge in [0.05, 0.1) is 11.9 Å². The van der Waals surface area contributed by atoms with Gasteiger partial charge in [-0.15, -0.1) is 0 Å². The zero-order valence-corrected chi connectivity index (χ0v) is 19.5. The number of hydrogen-bond acceptors (Lipinski definition) is 3. The molecule has 1 atom stereocenters. The highest BCUT2D eigenvalue weighted by Crippen LogP contribution is 2.33. The van der Waals surface area contributed by atoms with Crippen LogP contribution in [0.5, 0.6) is 0 Å². The smallest absolute Gasteiger partial charge is 0.125 e. The SMILES string of the molecule is C=C(N=C(N)/C=C(\N)C1CC1)C(C)c1cnn(-c2cccc(CC)c2)c1.CC.CC. The first-order valence-electron chi connectivity index (χ1n) is 11.1. The van der Waals surface area contributed by atoms with Gasteiger partial charge in [0.15, 0.2) is 0 Å². The first-order valence-corrected chi connectivity index (χ1v) is 11.1. The van der Waals surface area contributed by atoms with Crippen LogP contribution in [0.2, 0.25) is 0 Å². The van der Waals surface area contributed by atoms with Gasteiger partial charge in [-0.3, -0.25) is 0 Å². The van der Waals surface area contributed by atoms with Crippen molar-refractivity contribution in [1.29, 1.82) is 0 Å². The third-order valence-electron chi connectivity index (χ3n) is 4.82. The number of nitrogens with zero attached hydrogens (tertiary/aromatic N) is 3. The molecule has 3 rings (SSSR count). The van der Waals surface area contributed by atoms with E-state index in [4.69, 9.17) is 11.5 Å². The number of amidine groups is 1. The molecular weight excluding hydrogens is 370 g/mol. The van der Waals surface area contributed by atoms with Gasteiger partial charge < -0.3 is 11.5 Å². The van der Waals surface area contributed by atoms with Gasteiger partial charge >= 0.3 is 0 Å². The molecule has 5 heteroatoms. The Morgan fingerprint density at radius 3 is 2.53 bits per heavy atom. The largest absolute Gasteiger partial charge is 0.402 e. The van der Waals surface area contributed by atoms with Crippen LogP contribution in [0.4, 0.5) is 0 Å². The molecule has 5 nitrogen and oxygen atoms in total. The second-order valence-corrected chi connectivity index (χ2v) is 6.91. The van der Waals surface area contributed by atoms with Gasteiger partial charge in [-0.2, -0.15) is 5.10 Å². The zero-order valence-electron chi connectivity index (χ0n) is 19.5. The highest BCUT2D eigenvalue weighted by molar-refractivity contribution is 5.92. The van der Waals surface area contributed by atoms with Crippen molar-refractivity contribution in [2.24, 2.45) is 22.4 Å². The van der Waals surface area contributed by atoms with E-state index in [0.717, 1.165) is 36.2 Å². The zero-order chi connectivity index (χ0) is 22.7. The summed E-state index contributed by atoms with van der Waals surface area (Å²) in [4.78, 5) is 4.42. The van der Waals surface area contributed by atoms with Gasteiger partial charge in [-0.05, 0) is 54.5 Å². The van der Waals surface area contributed by atoms with Crippen molar-refractivity contribution < 1.29 is 0 Å². The molecule has 1 heterocycles. The van der Waals surface area contributed by atoms with Gasteiger partial charge in [-0.1, -0.05) is 60.3 Å². The van der Waals surface area contributed by atoms with E-state index in [1.54, 1.807) is 6.08 Å². The van der Waals surface area contributed by atoms with Crippen molar-refractivity contribution in [3.8, 4) is 5.69 Å². The number of aromatic nitrogens is 2. The molecule has 0 aliphatic heterocycles. The predicted molar refractivity (Wildman–Crippen MR) is 130 cm³/mol. The van der Waals surface area contributed by atoms with Crippen molar-refractivity contribution >= 4 is 5.84 Å². The maximum absolute atomic E-state index is 6.00. The molecule has 0 amide bonds. The average Bonchev–Trinajstić information content (AvgIpc) is 3.52. The lowest BCUT2D eigenvalue weighted by molar-refractivity contribution is 0.866. The fourth-order valence-corrected chi connectivity index (χ4v) is 2.81. The molecule has 0 radical (unpaired) electrons.